The maximum atomic E-state index is 12.2. The zero-order valence-corrected chi connectivity index (χ0v) is 13.0. The summed E-state index contributed by atoms with van der Waals surface area (Å²) in [6, 6.07) is 5.32. The minimum atomic E-state index is -4.45. The average molecular weight is 345 g/mol. The molecule has 0 saturated carbocycles. The predicted octanol–water partition coefficient (Wildman–Crippen LogP) is 0.874. The third-order valence-electron chi connectivity index (χ3n) is 3.53. The van der Waals surface area contributed by atoms with Crippen LogP contribution in [-0.4, -0.2) is 72.2 Å². The number of carbonyl (C=O) groups excluding carboxylic acids is 2. The van der Waals surface area contributed by atoms with Gasteiger partial charge in [-0.15, -0.1) is 0 Å². The maximum absolute atomic E-state index is 12.2. The number of ether oxygens (including phenoxy) is 1. The van der Waals surface area contributed by atoms with Crippen LogP contribution in [0.5, 0.6) is 0 Å². The standard InChI is InChI=1S/C15H18F3N3O3/c16-15(17,18)11-24-10-14(23)21-7-5-20(6-8-21)13(22)9-12-3-1-2-4-19-12/h1-4H,5-11H2. The number of piperazine rings is 1. The Hall–Kier alpha value is -2.16. The first-order chi connectivity index (χ1) is 11.3. The number of alkyl halides is 3. The highest BCUT2D eigenvalue weighted by atomic mass is 19.4. The Morgan fingerprint density at radius 1 is 1.08 bits per heavy atom. The van der Waals surface area contributed by atoms with E-state index in [1.54, 1.807) is 29.3 Å². The van der Waals surface area contributed by atoms with Crippen LogP contribution < -0.4 is 0 Å². The van der Waals surface area contributed by atoms with Crippen LogP contribution in [0.4, 0.5) is 13.2 Å². The Labute approximate surface area is 137 Å². The molecule has 0 bridgehead atoms. The fourth-order valence-corrected chi connectivity index (χ4v) is 2.32. The number of halogens is 3. The molecule has 2 heterocycles. The Balaban J connectivity index is 1.72. The topological polar surface area (TPSA) is 62.7 Å². The Kier molecular flexibility index (Phi) is 6.13. The molecule has 6 nitrogen and oxygen atoms in total. The van der Waals surface area contributed by atoms with E-state index in [0.717, 1.165) is 0 Å². The summed E-state index contributed by atoms with van der Waals surface area (Å²) in [5.74, 6) is -0.592. The summed E-state index contributed by atoms with van der Waals surface area (Å²) in [5, 5.41) is 0. The Morgan fingerprint density at radius 2 is 1.71 bits per heavy atom. The monoisotopic (exact) mass is 345 g/mol. The molecule has 0 radical (unpaired) electrons. The summed E-state index contributed by atoms with van der Waals surface area (Å²) in [4.78, 5) is 31.0. The van der Waals surface area contributed by atoms with E-state index in [1.165, 1.54) is 4.90 Å². The molecule has 1 aromatic rings. The van der Waals surface area contributed by atoms with Crippen LogP contribution >= 0.6 is 0 Å². The second-order valence-electron chi connectivity index (χ2n) is 5.37. The van der Waals surface area contributed by atoms with Gasteiger partial charge in [-0.25, -0.2) is 0 Å². The molecule has 0 aliphatic carbocycles. The van der Waals surface area contributed by atoms with Crippen LogP contribution in [0.25, 0.3) is 0 Å². The summed E-state index contributed by atoms with van der Waals surface area (Å²) in [5.41, 5.74) is 0.668. The molecular formula is C15H18F3N3O3. The number of aromatic nitrogens is 1. The molecule has 0 N–H and O–H groups in total. The molecule has 1 saturated heterocycles. The van der Waals surface area contributed by atoms with Crippen LogP contribution in [0, 0.1) is 0 Å². The van der Waals surface area contributed by atoms with Crippen molar-refractivity contribution in [3.63, 3.8) is 0 Å². The van der Waals surface area contributed by atoms with Crippen molar-refractivity contribution >= 4 is 11.8 Å². The quantitative estimate of drug-likeness (QED) is 0.795. The van der Waals surface area contributed by atoms with Crippen molar-refractivity contribution in [2.75, 3.05) is 39.4 Å². The van der Waals surface area contributed by atoms with E-state index in [4.69, 9.17) is 0 Å². The van der Waals surface area contributed by atoms with Gasteiger partial charge >= 0.3 is 6.18 Å². The number of carbonyl (C=O) groups is 2. The van der Waals surface area contributed by atoms with Gasteiger partial charge < -0.3 is 14.5 Å². The van der Waals surface area contributed by atoms with Gasteiger partial charge in [-0.05, 0) is 12.1 Å². The molecule has 0 unspecified atom stereocenters. The molecule has 0 aromatic carbocycles. The summed E-state index contributed by atoms with van der Waals surface area (Å²) in [6.45, 7) is -0.805. The van der Waals surface area contributed by atoms with Gasteiger partial charge in [0.05, 0.1) is 6.42 Å². The van der Waals surface area contributed by atoms with Crippen molar-refractivity contribution in [2.45, 2.75) is 12.6 Å². The van der Waals surface area contributed by atoms with Crippen LogP contribution in [0.2, 0.25) is 0 Å². The molecule has 1 aromatic heterocycles. The zero-order valence-electron chi connectivity index (χ0n) is 13.0. The molecule has 1 aliphatic rings. The molecule has 1 fully saturated rings. The van der Waals surface area contributed by atoms with Gasteiger partial charge in [0.25, 0.3) is 0 Å². The minimum absolute atomic E-state index is 0.0888. The number of hydrogen-bond acceptors (Lipinski definition) is 4. The van der Waals surface area contributed by atoms with E-state index in [9.17, 15) is 22.8 Å². The minimum Gasteiger partial charge on any atom is -0.362 e. The van der Waals surface area contributed by atoms with Crippen molar-refractivity contribution in [1.82, 2.24) is 14.8 Å². The Morgan fingerprint density at radius 3 is 2.25 bits per heavy atom. The number of pyridine rings is 1. The van der Waals surface area contributed by atoms with E-state index in [1.807, 2.05) is 0 Å². The third-order valence-corrected chi connectivity index (χ3v) is 3.53. The van der Waals surface area contributed by atoms with Gasteiger partial charge in [-0.1, -0.05) is 6.07 Å². The maximum Gasteiger partial charge on any atom is 0.411 e. The van der Waals surface area contributed by atoms with E-state index in [0.29, 0.717) is 18.8 Å². The summed E-state index contributed by atoms with van der Waals surface area (Å²) < 4.78 is 40.3. The highest BCUT2D eigenvalue weighted by molar-refractivity contribution is 5.80. The van der Waals surface area contributed by atoms with E-state index in [2.05, 4.69) is 9.72 Å². The van der Waals surface area contributed by atoms with Gasteiger partial charge in [0.15, 0.2) is 0 Å². The van der Waals surface area contributed by atoms with Gasteiger partial charge in [-0.3, -0.25) is 14.6 Å². The van der Waals surface area contributed by atoms with Crippen LogP contribution in [0.3, 0.4) is 0 Å². The second-order valence-corrected chi connectivity index (χ2v) is 5.37. The average Bonchev–Trinajstić information content (AvgIpc) is 2.54. The first-order valence-corrected chi connectivity index (χ1v) is 7.45. The zero-order chi connectivity index (χ0) is 17.6. The Bertz CT molecular complexity index is 558. The molecule has 0 atom stereocenters. The highest BCUT2D eigenvalue weighted by Crippen LogP contribution is 2.14. The molecule has 9 heteroatoms. The molecule has 0 spiro atoms. The molecule has 2 amide bonds. The predicted molar refractivity (Wildman–Crippen MR) is 78.0 cm³/mol. The van der Waals surface area contributed by atoms with E-state index < -0.39 is 25.3 Å². The lowest BCUT2D eigenvalue weighted by Gasteiger charge is -2.34. The van der Waals surface area contributed by atoms with Crippen LogP contribution in [0.1, 0.15) is 5.69 Å². The highest BCUT2D eigenvalue weighted by Gasteiger charge is 2.29. The van der Waals surface area contributed by atoms with Crippen LogP contribution in [0.15, 0.2) is 24.4 Å². The third kappa shape index (κ3) is 5.80. The van der Waals surface area contributed by atoms with Crippen molar-refractivity contribution < 1.29 is 27.5 Å². The van der Waals surface area contributed by atoms with Gasteiger partial charge in [0.1, 0.15) is 13.2 Å². The molecular weight excluding hydrogens is 327 g/mol. The van der Waals surface area contributed by atoms with Gasteiger partial charge in [0.2, 0.25) is 11.8 Å². The normalized spacial score (nSPS) is 15.5. The van der Waals surface area contributed by atoms with Crippen molar-refractivity contribution in [3.05, 3.63) is 30.1 Å². The summed E-state index contributed by atoms with van der Waals surface area (Å²) in [7, 11) is 0. The van der Waals surface area contributed by atoms with Crippen molar-refractivity contribution in [1.29, 1.82) is 0 Å². The largest absolute Gasteiger partial charge is 0.411 e. The van der Waals surface area contributed by atoms with E-state index in [-0.39, 0.29) is 25.4 Å². The molecule has 1 aliphatic heterocycles. The number of hydrogen-bond donors (Lipinski definition) is 0. The smallest absolute Gasteiger partial charge is 0.362 e. The number of nitrogens with zero attached hydrogens (tertiary/aromatic N) is 3. The van der Waals surface area contributed by atoms with Gasteiger partial charge in [-0.2, -0.15) is 13.2 Å². The summed E-state index contributed by atoms with van der Waals surface area (Å²) in [6.07, 6.45) is -2.65. The first kappa shape index (κ1) is 18.2. The SMILES string of the molecule is O=C(COCC(F)(F)F)N1CCN(C(=O)Cc2ccccn2)CC1. The fourth-order valence-electron chi connectivity index (χ4n) is 2.32. The van der Waals surface area contributed by atoms with E-state index >= 15 is 0 Å². The number of amides is 2. The number of rotatable bonds is 5. The second kappa shape index (κ2) is 8.09. The summed E-state index contributed by atoms with van der Waals surface area (Å²) >= 11 is 0. The molecule has 132 valence electrons. The van der Waals surface area contributed by atoms with Crippen molar-refractivity contribution in [3.8, 4) is 0 Å². The first-order valence-electron chi connectivity index (χ1n) is 7.45. The van der Waals surface area contributed by atoms with Crippen LogP contribution in [-0.2, 0) is 20.7 Å². The lowest BCUT2D eigenvalue weighted by Crippen LogP contribution is -2.51. The lowest BCUT2D eigenvalue weighted by atomic mass is 10.2. The lowest BCUT2D eigenvalue weighted by molar-refractivity contribution is -0.178. The van der Waals surface area contributed by atoms with Gasteiger partial charge in [0, 0.05) is 38.1 Å². The molecule has 24 heavy (non-hydrogen) atoms. The fraction of sp³-hybridized carbons (Fsp3) is 0.533. The van der Waals surface area contributed by atoms with Crippen molar-refractivity contribution in [2.24, 2.45) is 0 Å². The molecule has 2 rings (SSSR count).